The molecule has 23 heavy (non-hydrogen) atoms. The predicted molar refractivity (Wildman–Crippen MR) is 87.7 cm³/mol. The van der Waals surface area contributed by atoms with Gasteiger partial charge in [-0.25, -0.2) is 13.4 Å². The summed E-state index contributed by atoms with van der Waals surface area (Å²) in [4.78, 5) is 16.2. The number of aromatic amines is 1. The molecule has 1 saturated heterocycles. The zero-order chi connectivity index (χ0) is 16.3. The first-order valence-corrected chi connectivity index (χ1v) is 9.93. The van der Waals surface area contributed by atoms with Crippen LogP contribution in [0.15, 0.2) is 35.5 Å². The van der Waals surface area contributed by atoms with Gasteiger partial charge in [-0.15, -0.1) is 5.10 Å². The standard InChI is InChI=1S/C14H16N4O3S2/c19-12(15-11-6-7-23(20,21)9-11)8-22-14-16-13(17-18-14)10-4-2-1-3-5-10/h1-5,11H,6-9H2,(H,15,19)(H,16,17,18)/t11-/m0/s1. The van der Waals surface area contributed by atoms with E-state index in [1.165, 1.54) is 11.8 Å². The summed E-state index contributed by atoms with van der Waals surface area (Å²) in [6.45, 7) is 0. The molecule has 3 rings (SSSR count). The van der Waals surface area contributed by atoms with Crippen LogP contribution in [0.3, 0.4) is 0 Å². The molecule has 0 aliphatic carbocycles. The molecule has 2 aromatic rings. The van der Waals surface area contributed by atoms with E-state index in [0.717, 1.165) is 5.56 Å². The second-order valence-corrected chi connectivity index (χ2v) is 8.46. The predicted octanol–water partition coefficient (Wildman–Crippen LogP) is 0.867. The number of rotatable bonds is 5. The highest BCUT2D eigenvalue weighted by Crippen LogP contribution is 2.19. The Bertz CT molecular complexity index is 789. The van der Waals surface area contributed by atoms with Crippen LogP contribution in [0.5, 0.6) is 0 Å². The maximum Gasteiger partial charge on any atom is 0.230 e. The molecule has 0 radical (unpaired) electrons. The first-order chi connectivity index (χ1) is 11.0. The number of carbonyl (C=O) groups excluding carboxylic acids is 1. The summed E-state index contributed by atoms with van der Waals surface area (Å²) in [6.07, 6.45) is 0.484. The fourth-order valence-corrected chi connectivity index (χ4v) is 4.63. The van der Waals surface area contributed by atoms with Gasteiger partial charge in [0.25, 0.3) is 0 Å². The molecule has 1 atom stereocenters. The number of hydrogen-bond donors (Lipinski definition) is 2. The van der Waals surface area contributed by atoms with E-state index in [0.29, 0.717) is 17.4 Å². The van der Waals surface area contributed by atoms with Crippen molar-refractivity contribution in [3.05, 3.63) is 30.3 Å². The van der Waals surface area contributed by atoms with Gasteiger partial charge in [0.2, 0.25) is 11.1 Å². The average Bonchev–Trinajstić information content (AvgIpc) is 3.13. The maximum absolute atomic E-state index is 11.9. The number of nitrogens with one attached hydrogen (secondary N) is 2. The van der Waals surface area contributed by atoms with Crippen molar-refractivity contribution in [2.45, 2.75) is 17.6 Å². The Hall–Kier alpha value is -1.87. The summed E-state index contributed by atoms with van der Waals surface area (Å²) in [5.74, 6) is 0.774. The lowest BCUT2D eigenvalue weighted by Gasteiger charge is -2.09. The molecule has 1 amide bonds. The van der Waals surface area contributed by atoms with E-state index >= 15 is 0 Å². The number of sulfone groups is 1. The Balaban J connectivity index is 1.51. The molecular formula is C14H16N4O3S2. The zero-order valence-electron chi connectivity index (χ0n) is 12.2. The number of amides is 1. The van der Waals surface area contributed by atoms with Gasteiger partial charge in [-0.1, -0.05) is 42.1 Å². The monoisotopic (exact) mass is 352 g/mol. The summed E-state index contributed by atoms with van der Waals surface area (Å²) in [6, 6.07) is 9.30. The normalized spacial score (nSPS) is 19.6. The van der Waals surface area contributed by atoms with Gasteiger partial charge in [-0.05, 0) is 6.42 Å². The Morgan fingerprint density at radius 1 is 1.35 bits per heavy atom. The third kappa shape index (κ3) is 4.32. The Kier molecular flexibility index (Phi) is 4.67. The van der Waals surface area contributed by atoms with Gasteiger partial charge in [0.05, 0.1) is 17.3 Å². The van der Waals surface area contributed by atoms with Crippen molar-refractivity contribution in [2.24, 2.45) is 0 Å². The minimum atomic E-state index is -2.99. The SMILES string of the molecule is O=C(CSc1n[nH]c(-c2ccccc2)n1)N[C@H]1CCS(=O)(=O)C1. The van der Waals surface area contributed by atoms with E-state index in [4.69, 9.17) is 0 Å². The number of carbonyl (C=O) groups is 1. The first kappa shape index (κ1) is 16.0. The van der Waals surface area contributed by atoms with Gasteiger partial charge in [-0.2, -0.15) is 0 Å². The largest absolute Gasteiger partial charge is 0.352 e. The highest BCUT2D eigenvalue weighted by Gasteiger charge is 2.28. The zero-order valence-corrected chi connectivity index (χ0v) is 13.9. The van der Waals surface area contributed by atoms with Crippen LogP contribution in [-0.2, 0) is 14.6 Å². The third-order valence-corrected chi connectivity index (χ3v) is 6.06. The summed E-state index contributed by atoms with van der Waals surface area (Å²) < 4.78 is 22.7. The van der Waals surface area contributed by atoms with Gasteiger partial charge >= 0.3 is 0 Å². The lowest BCUT2D eigenvalue weighted by Crippen LogP contribution is -2.36. The van der Waals surface area contributed by atoms with E-state index in [1.54, 1.807) is 0 Å². The number of aromatic nitrogens is 3. The van der Waals surface area contributed by atoms with Gasteiger partial charge in [0, 0.05) is 11.6 Å². The first-order valence-electron chi connectivity index (χ1n) is 7.12. The quantitative estimate of drug-likeness (QED) is 0.774. The van der Waals surface area contributed by atoms with Crippen LogP contribution in [0, 0.1) is 0 Å². The van der Waals surface area contributed by atoms with Crippen molar-refractivity contribution >= 4 is 27.5 Å². The molecule has 1 fully saturated rings. The molecule has 0 spiro atoms. The second kappa shape index (κ2) is 6.71. The second-order valence-electron chi connectivity index (χ2n) is 5.29. The number of hydrogen-bond acceptors (Lipinski definition) is 6. The van der Waals surface area contributed by atoms with Gasteiger partial charge in [-0.3, -0.25) is 9.89 Å². The molecule has 122 valence electrons. The minimum Gasteiger partial charge on any atom is -0.352 e. The van der Waals surface area contributed by atoms with E-state index < -0.39 is 9.84 Å². The van der Waals surface area contributed by atoms with Crippen LogP contribution in [0.2, 0.25) is 0 Å². The highest BCUT2D eigenvalue weighted by atomic mass is 32.2. The van der Waals surface area contributed by atoms with Crippen molar-refractivity contribution in [1.82, 2.24) is 20.5 Å². The van der Waals surface area contributed by atoms with E-state index in [9.17, 15) is 13.2 Å². The molecule has 2 N–H and O–H groups in total. The van der Waals surface area contributed by atoms with Crippen LogP contribution in [0.1, 0.15) is 6.42 Å². The summed E-state index contributed by atoms with van der Waals surface area (Å²) in [5.41, 5.74) is 0.924. The fraction of sp³-hybridized carbons (Fsp3) is 0.357. The van der Waals surface area contributed by atoms with Crippen LogP contribution in [-0.4, -0.2) is 52.8 Å². The topological polar surface area (TPSA) is 105 Å². The van der Waals surface area contributed by atoms with Crippen molar-refractivity contribution in [3.8, 4) is 11.4 Å². The van der Waals surface area contributed by atoms with Crippen LogP contribution < -0.4 is 5.32 Å². The van der Waals surface area contributed by atoms with Crippen LogP contribution >= 0.6 is 11.8 Å². The van der Waals surface area contributed by atoms with Crippen molar-refractivity contribution in [1.29, 1.82) is 0 Å². The number of H-pyrrole nitrogens is 1. The summed E-state index contributed by atoms with van der Waals surface area (Å²) >= 11 is 1.21. The summed E-state index contributed by atoms with van der Waals surface area (Å²) in [5, 5.41) is 10.1. The fourth-order valence-electron chi connectivity index (χ4n) is 2.34. The molecule has 1 aromatic heterocycles. The number of benzene rings is 1. The van der Waals surface area contributed by atoms with Gasteiger partial charge in [0.1, 0.15) is 0 Å². The highest BCUT2D eigenvalue weighted by molar-refractivity contribution is 7.99. The van der Waals surface area contributed by atoms with Crippen molar-refractivity contribution < 1.29 is 13.2 Å². The molecule has 1 aliphatic heterocycles. The third-order valence-electron chi connectivity index (χ3n) is 3.44. The molecule has 1 aromatic carbocycles. The molecule has 1 aliphatic rings. The molecule has 0 unspecified atom stereocenters. The van der Waals surface area contributed by atoms with Crippen LogP contribution in [0.25, 0.3) is 11.4 Å². The molecule has 7 nitrogen and oxygen atoms in total. The van der Waals surface area contributed by atoms with Crippen LogP contribution in [0.4, 0.5) is 0 Å². The Labute approximate surface area is 138 Å². The molecular weight excluding hydrogens is 336 g/mol. The van der Waals surface area contributed by atoms with Gasteiger partial charge < -0.3 is 5.32 Å². The number of thioether (sulfide) groups is 1. The smallest absolute Gasteiger partial charge is 0.230 e. The Morgan fingerprint density at radius 3 is 2.83 bits per heavy atom. The molecule has 0 saturated carbocycles. The summed E-state index contributed by atoms with van der Waals surface area (Å²) in [7, 11) is -2.99. The lowest BCUT2D eigenvalue weighted by molar-refractivity contribution is -0.119. The molecule has 0 bridgehead atoms. The van der Waals surface area contributed by atoms with Crippen molar-refractivity contribution in [2.75, 3.05) is 17.3 Å². The van der Waals surface area contributed by atoms with Gasteiger partial charge in [0.15, 0.2) is 15.7 Å². The number of nitrogens with zero attached hydrogens (tertiary/aromatic N) is 2. The van der Waals surface area contributed by atoms with E-state index in [2.05, 4.69) is 20.5 Å². The molecule has 2 heterocycles. The van der Waals surface area contributed by atoms with E-state index in [-0.39, 0.29) is 29.2 Å². The maximum atomic E-state index is 11.9. The minimum absolute atomic E-state index is 0.0300. The van der Waals surface area contributed by atoms with E-state index in [1.807, 2.05) is 30.3 Å². The van der Waals surface area contributed by atoms with Crippen molar-refractivity contribution in [3.63, 3.8) is 0 Å². The molecule has 9 heteroatoms. The average molecular weight is 352 g/mol. The Morgan fingerprint density at radius 2 is 2.13 bits per heavy atom. The lowest BCUT2D eigenvalue weighted by atomic mass is 10.2.